The summed E-state index contributed by atoms with van der Waals surface area (Å²) in [4.78, 5) is 23.3. The van der Waals surface area contributed by atoms with Gasteiger partial charge in [0.2, 0.25) is 0 Å². The van der Waals surface area contributed by atoms with Crippen LogP contribution in [0.2, 0.25) is 0 Å². The summed E-state index contributed by atoms with van der Waals surface area (Å²) in [5, 5.41) is 19.1. The van der Waals surface area contributed by atoms with Gasteiger partial charge in [-0.25, -0.2) is 4.79 Å². The molecule has 2 aromatic carbocycles. The molecule has 3 rings (SSSR count). The molecule has 0 aliphatic rings. The van der Waals surface area contributed by atoms with E-state index in [1.165, 1.54) is 11.5 Å². The van der Waals surface area contributed by atoms with E-state index in [0.29, 0.717) is 27.9 Å². The van der Waals surface area contributed by atoms with Gasteiger partial charge in [-0.15, -0.1) is 0 Å². The number of nitrogens with zero attached hydrogens (tertiary/aromatic N) is 2. The smallest absolute Gasteiger partial charge is 0.353 e. The van der Waals surface area contributed by atoms with Crippen molar-refractivity contribution in [1.82, 2.24) is 4.57 Å². The van der Waals surface area contributed by atoms with Crippen molar-refractivity contribution >= 4 is 11.8 Å². The first kappa shape index (κ1) is 25.4. The molecule has 0 amide bonds. The summed E-state index contributed by atoms with van der Waals surface area (Å²) in [5.74, 6) is -1.08. The standard InChI is InChI=1S/C22H18N2O3.2C2H6/c1-13-19(12-23)20(21(22(26)27)24(13)3)16-9-7-15(8-10-16)18-6-4-5-17(11-18)14(2)25;2*1-2/h4-11H,1-3H3,(H,26,27);2*1-2H3. The van der Waals surface area contributed by atoms with Crippen molar-refractivity contribution < 1.29 is 14.7 Å². The number of Topliss-reactive ketones (excluding diaryl/α,β-unsaturated/α-hetero) is 1. The number of carbonyl (C=O) groups is 2. The first-order valence-electron chi connectivity index (χ1n) is 10.4. The van der Waals surface area contributed by atoms with Crippen LogP contribution in [0.4, 0.5) is 0 Å². The molecule has 0 unspecified atom stereocenters. The molecule has 5 nitrogen and oxygen atoms in total. The highest BCUT2D eigenvalue weighted by Gasteiger charge is 2.24. The molecule has 1 N–H and O–H groups in total. The Balaban J connectivity index is 0.00000113. The topological polar surface area (TPSA) is 83.1 Å². The molecule has 0 spiro atoms. The number of aromatic nitrogens is 1. The van der Waals surface area contributed by atoms with Crippen LogP contribution in [0.15, 0.2) is 48.5 Å². The molecule has 0 radical (unpaired) electrons. The van der Waals surface area contributed by atoms with Crippen LogP contribution >= 0.6 is 0 Å². The molecule has 0 atom stereocenters. The third-order valence-electron chi connectivity index (χ3n) is 4.78. The first-order valence-corrected chi connectivity index (χ1v) is 10.4. The minimum absolute atomic E-state index is 0.00186. The van der Waals surface area contributed by atoms with Crippen molar-refractivity contribution in [1.29, 1.82) is 5.26 Å². The Bertz CT molecular complexity index is 1100. The van der Waals surface area contributed by atoms with E-state index in [1.807, 2.05) is 58.0 Å². The Hall–Kier alpha value is -3.65. The fourth-order valence-electron chi connectivity index (χ4n) is 3.22. The number of carboxylic acid groups (broad SMARTS) is 1. The number of benzene rings is 2. The Morgan fingerprint density at radius 3 is 1.97 bits per heavy atom. The molecule has 0 aliphatic carbocycles. The van der Waals surface area contributed by atoms with E-state index in [-0.39, 0.29) is 11.5 Å². The second kappa shape index (κ2) is 11.5. The van der Waals surface area contributed by atoms with Gasteiger partial charge in [-0.05, 0) is 36.6 Å². The van der Waals surface area contributed by atoms with Gasteiger partial charge >= 0.3 is 5.97 Å². The Kier molecular flexibility index (Phi) is 9.43. The van der Waals surface area contributed by atoms with E-state index >= 15 is 0 Å². The molecule has 0 saturated carbocycles. The van der Waals surface area contributed by atoms with Gasteiger partial charge in [0.1, 0.15) is 11.8 Å². The molecule has 0 saturated heterocycles. The van der Waals surface area contributed by atoms with Crippen LogP contribution < -0.4 is 0 Å². The number of nitriles is 1. The fraction of sp³-hybridized carbons (Fsp3) is 0.269. The van der Waals surface area contributed by atoms with Crippen molar-refractivity contribution in [3.63, 3.8) is 0 Å². The molecule has 1 aromatic heterocycles. The predicted octanol–water partition coefficient (Wildman–Crippen LogP) is 6.49. The zero-order chi connectivity index (χ0) is 23.7. The maximum atomic E-state index is 11.7. The van der Waals surface area contributed by atoms with Gasteiger partial charge in [-0.1, -0.05) is 70.2 Å². The molecule has 1 heterocycles. The summed E-state index contributed by atoms with van der Waals surface area (Å²) in [6, 6.07) is 16.8. The summed E-state index contributed by atoms with van der Waals surface area (Å²) >= 11 is 0. The van der Waals surface area contributed by atoms with E-state index in [1.54, 1.807) is 32.2 Å². The van der Waals surface area contributed by atoms with Crippen molar-refractivity contribution in [3.05, 3.63) is 71.0 Å². The van der Waals surface area contributed by atoms with Gasteiger partial charge in [0.25, 0.3) is 0 Å². The average molecular weight is 419 g/mol. The van der Waals surface area contributed by atoms with Crippen molar-refractivity contribution in [3.8, 4) is 28.3 Å². The number of aromatic carboxylic acids is 1. The number of carbonyl (C=O) groups excluding carboxylic acids is 1. The van der Waals surface area contributed by atoms with Gasteiger partial charge in [0.15, 0.2) is 5.78 Å². The molecule has 31 heavy (non-hydrogen) atoms. The number of rotatable bonds is 4. The minimum Gasteiger partial charge on any atom is -0.477 e. The summed E-state index contributed by atoms with van der Waals surface area (Å²) in [5.41, 5.74) is 4.60. The van der Waals surface area contributed by atoms with E-state index in [9.17, 15) is 20.0 Å². The summed E-state index contributed by atoms with van der Waals surface area (Å²) < 4.78 is 1.53. The highest BCUT2D eigenvalue weighted by Crippen LogP contribution is 2.33. The van der Waals surface area contributed by atoms with Crippen LogP contribution in [0.3, 0.4) is 0 Å². The first-order chi connectivity index (χ1) is 14.8. The quantitative estimate of drug-likeness (QED) is 0.491. The van der Waals surface area contributed by atoms with Crippen molar-refractivity contribution in [2.24, 2.45) is 7.05 Å². The lowest BCUT2D eigenvalue weighted by molar-refractivity contribution is 0.0687. The zero-order valence-corrected chi connectivity index (χ0v) is 19.3. The highest BCUT2D eigenvalue weighted by atomic mass is 16.4. The predicted molar refractivity (Wildman–Crippen MR) is 125 cm³/mol. The van der Waals surface area contributed by atoms with Crippen LogP contribution in [0.1, 0.15) is 66.7 Å². The third kappa shape index (κ3) is 5.29. The van der Waals surface area contributed by atoms with Gasteiger partial charge in [-0.3, -0.25) is 4.79 Å². The normalized spacial score (nSPS) is 9.48. The molecule has 0 bridgehead atoms. The fourth-order valence-corrected chi connectivity index (χ4v) is 3.22. The van der Waals surface area contributed by atoms with Gasteiger partial charge in [0, 0.05) is 23.9 Å². The maximum absolute atomic E-state index is 11.7. The van der Waals surface area contributed by atoms with Crippen LogP contribution in [-0.4, -0.2) is 21.4 Å². The molecular weight excluding hydrogens is 388 g/mol. The molecule has 0 aliphatic heterocycles. The Labute approximate surface area is 184 Å². The molecule has 0 fully saturated rings. The van der Waals surface area contributed by atoms with Crippen LogP contribution in [0.25, 0.3) is 22.3 Å². The number of ketones is 1. The van der Waals surface area contributed by atoms with E-state index in [0.717, 1.165) is 11.1 Å². The molecule has 3 aromatic rings. The maximum Gasteiger partial charge on any atom is 0.353 e. The lowest BCUT2D eigenvalue weighted by Crippen LogP contribution is -2.06. The summed E-state index contributed by atoms with van der Waals surface area (Å²) in [7, 11) is 1.64. The SMILES string of the molecule is CC.CC.CC(=O)c1cccc(-c2ccc(-c3c(C#N)c(C)n(C)c3C(=O)O)cc2)c1. The van der Waals surface area contributed by atoms with Gasteiger partial charge < -0.3 is 9.67 Å². The second-order valence-corrected chi connectivity index (χ2v) is 6.37. The van der Waals surface area contributed by atoms with Crippen molar-refractivity contribution in [2.75, 3.05) is 0 Å². The molecule has 5 heteroatoms. The summed E-state index contributed by atoms with van der Waals surface area (Å²) in [6.07, 6.45) is 0. The number of hydrogen-bond donors (Lipinski definition) is 1. The van der Waals surface area contributed by atoms with E-state index < -0.39 is 5.97 Å². The Morgan fingerprint density at radius 2 is 1.48 bits per heavy atom. The van der Waals surface area contributed by atoms with Crippen molar-refractivity contribution in [2.45, 2.75) is 41.5 Å². The van der Waals surface area contributed by atoms with Crippen LogP contribution in [-0.2, 0) is 7.05 Å². The highest BCUT2D eigenvalue weighted by molar-refractivity contribution is 5.98. The largest absolute Gasteiger partial charge is 0.477 e. The van der Waals surface area contributed by atoms with Gasteiger partial charge in [-0.2, -0.15) is 5.26 Å². The lowest BCUT2D eigenvalue weighted by atomic mass is 9.96. The average Bonchev–Trinajstić information content (AvgIpc) is 3.06. The summed E-state index contributed by atoms with van der Waals surface area (Å²) in [6.45, 7) is 11.3. The Morgan fingerprint density at radius 1 is 0.935 bits per heavy atom. The second-order valence-electron chi connectivity index (χ2n) is 6.37. The molecule has 162 valence electrons. The van der Waals surface area contributed by atoms with Gasteiger partial charge in [0.05, 0.1) is 5.56 Å². The molecular formula is C26H30N2O3. The van der Waals surface area contributed by atoms with Crippen LogP contribution in [0.5, 0.6) is 0 Å². The monoisotopic (exact) mass is 418 g/mol. The third-order valence-corrected chi connectivity index (χ3v) is 4.78. The minimum atomic E-state index is -1.07. The van der Waals surface area contributed by atoms with Crippen LogP contribution in [0, 0.1) is 18.3 Å². The van der Waals surface area contributed by atoms with E-state index in [4.69, 9.17) is 0 Å². The zero-order valence-electron chi connectivity index (χ0n) is 19.3. The van der Waals surface area contributed by atoms with E-state index in [2.05, 4.69) is 6.07 Å². The number of carboxylic acids is 1. The lowest BCUT2D eigenvalue weighted by Gasteiger charge is -2.07. The number of hydrogen-bond acceptors (Lipinski definition) is 3.